The summed E-state index contributed by atoms with van der Waals surface area (Å²) in [5, 5.41) is 5.75. The van der Waals surface area contributed by atoms with Crippen LogP contribution in [0.2, 0.25) is 0 Å². The van der Waals surface area contributed by atoms with Gasteiger partial charge in [-0.2, -0.15) is 0 Å². The number of carbonyl (C=O) groups is 2. The molecule has 1 aromatic heterocycles. The van der Waals surface area contributed by atoms with E-state index < -0.39 is 0 Å². The Bertz CT molecular complexity index is 762. The predicted octanol–water partition coefficient (Wildman–Crippen LogP) is 2.61. The molecule has 3 amide bonds. The summed E-state index contributed by atoms with van der Waals surface area (Å²) < 4.78 is 0. The van der Waals surface area contributed by atoms with Crippen LogP contribution in [0.3, 0.4) is 0 Å². The zero-order valence-corrected chi connectivity index (χ0v) is 15.6. The first-order chi connectivity index (χ1) is 13.2. The standard InChI is InChI=1S/C21H26N4O2/c1-2-23-20(26)19-5-3-17(4-6-19)14-24-21(27)25-12-9-18(15-25)13-16-7-10-22-11-8-16/h3-8,10-11,18H,2,9,12-15H2,1H3,(H,23,26)(H,24,27). The van der Waals surface area contributed by atoms with E-state index in [9.17, 15) is 9.59 Å². The van der Waals surface area contributed by atoms with Crippen LogP contribution in [-0.2, 0) is 13.0 Å². The van der Waals surface area contributed by atoms with Crippen LogP contribution in [0.25, 0.3) is 0 Å². The average Bonchev–Trinajstić information content (AvgIpc) is 3.16. The maximum atomic E-state index is 12.4. The Morgan fingerprint density at radius 2 is 1.81 bits per heavy atom. The van der Waals surface area contributed by atoms with Gasteiger partial charge in [0, 0.05) is 44.1 Å². The number of hydrogen-bond acceptors (Lipinski definition) is 3. The zero-order chi connectivity index (χ0) is 19.1. The Balaban J connectivity index is 1.45. The summed E-state index contributed by atoms with van der Waals surface area (Å²) in [4.78, 5) is 30.1. The Morgan fingerprint density at radius 3 is 2.52 bits per heavy atom. The quantitative estimate of drug-likeness (QED) is 0.825. The van der Waals surface area contributed by atoms with Gasteiger partial charge in [0.25, 0.3) is 5.91 Å². The van der Waals surface area contributed by atoms with Crippen LogP contribution in [0.15, 0.2) is 48.8 Å². The summed E-state index contributed by atoms with van der Waals surface area (Å²) in [6, 6.07) is 11.4. The molecule has 142 valence electrons. The van der Waals surface area contributed by atoms with Crippen molar-refractivity contribution in [1.29, 1.82) is 0 Å². The maximum absolute atomic E-state index is 12.4. The van der Waals surface area contributed by atoms with Gasteiger partial charge in [0.05, 0.1) is 0 Å². The lowest BCUT2D eigenvalue weighted by Crippen LogP contribution is -2.38. The number of likely N-dealkylation sites (tertiary alicyclic amines) is 1. The number of nitrogens with one attached hydrogen (secondary N) is 2. The summed E-state index contributed by atoms with van der Waals surface area (Å²) in [6.45, 7) is 4.53. The summed E-state index contributed by atoms with van der Waals surface area (Å²) in [5.41, 5.74) is 2.87. The molecule has 2 N–H and O–H groups in total. The lowest BCUT2D eigenvalue weighted by molar-refractivity contribution is 0.0955. The molecule has 6 heteroatoms. The predicted molar refractivity (Wildman–Crippen MR) is 104 cm³/mol. The number of benzene rings is 1. The van der Waals surface area contributed by atoms with Crippen molar-refractivity contribution in [3.63, 3.8) is 0 Å². The van der Waals surface area contributed by atoms with Gasteiger partial charge in [-0.15, -0.1) is 0 Å². The molecule has 0 radical (unpaired) electrons. The first-order valence-corrected chi connectivity index (χ1v) is 9.44. The monoisotopic (exact) mass is 366 g/mol. The summed E-state index contributed by atoms with van der Waals surface area (Å²) in [6.07, 6.45) is 5.63. The first kappa shape index (κ1) is 18.9. The molecule has 0 saturated carbocycles. The summed E-state index contributed by atoms with van der Waals surface area (Å²) >= 11 is 0. The van der Waals surface area contributed by atoms with Gasteiger partial charge in [-0.05, 0) is 61.1 Å². The van der Waals surface area contributed by atoms with Gasteiger partial charge in [0.15, 0.2) is 0 Å². The van der Waals surface area contributed by atoms with Crippen molar-refractivity contribution in [3.8, 4) is 0 Å². The van der Waals surface area contributed by atoms with Crippen molar-refractivity contribution in [2.45, 2.75) is 26.3 Å². The smallest absolute Gasteiger partial charge is 0.317 e. The fraction of sp³-hybridized carbons (Fsp3) is 0.381. The van der Waals surface area contributed by atoms with Crippen LogP contribution >= 0.6 is 0 Å². The van der Waals surface area contributed by atoms with Gasteiger partial charge in [0.2, 0.25) is 0 Å². The van der Waals surface area contributed by atoms with E-state index in [0.29, 0.717) is 24.6 Å². The second-order valence-corrected chi connectivity index (χ2v) is 6.88. The van der Waals surface area contributed by atoms with E-state index in [2.05, 4.69) is 15.6 Å². The highest BCUT2D eigenvalue weighted by Gasteiger charge is 2.26. The van der Waals surface area contributed by atoms with Crippen LogP contribution in [-0.4, -0.2) is 41.5 Å². The fourth-order valence-corrected chi connectivity index (χ4v) is 3.36. The molecule has 2 heterocycles. The van der Waals surface area contributed by atoms with Crippen molar-refractivity contribution in [1.82, 2.24) is 20.5 Å². The molecule has 1 saturated heterocycles. The number of nitrogens with zero attached hydrogens (tertiary/aromatic N) is 2. The fourth-order valence-electron chi connectivity index (χ4n) is 3.36. The van der Waals surface area contributed by atoms with Crippen molar-refractivity contribution < 1.29 is 9.59 Å². The first-order valence-electron chi connectivity index (χ1n) is 9.44. The molecule has 2 aromatic rings. The molecule has 0 spiro atoms. The van der Waals surface area contributed by atoms with Crippen LogP contribution in [0, 0.1) is 5.92 Å². The Hall–Kier alpha value is -2.89. The SMILES string of the molecule is CCNC(=O)c1ccc(CNC(=O)N2CCC(Cc3ccncc3)C2)cc1. The highest BCUT2D eigenvalue weighted by molar-refractivity contribution is 5.94. The minimum absolute atomic E-state index is 0.0277. The van der Waals surface area contributed by atoms with E-state index in [-0.39, 0.29) is 11.9 Å². The number of urea groups is 1. The molecule has 1 aliphatic rings. The lowest BCUT2D eigenvalue weighted by atomic mass is 10.00. The van der Waals surface area contributed by atoms with Crippen molar-refractivity contribution in [2.24, 2.45) is 5.92 Å². The highest BCUT2D eigenvalue weighted by Crippen LogP contribution is 2.20. The van der Waals surface area contributed by atoms with Crippen LogP contribution in [0.4, 0.5) is 4.79 Å². The molecule has 3 rings (SSSR count). The minimum Gasteiger partial charge on any atom is -0.352 e. The Labute approximate surface area is 160 Å². The largest absolute Gasteiger partial charge is 0.352 e. The molecular formula is C21H26N4O2. The molecule has 1 unspecified atom stereocenters. The van der Waals surface area contributed by atoms with Crippen molar-refractivity contribution in [3.05, 3.63) is 65.5 Å². The second kappa shape index (κ2) is 9.16. The highest BCUT2D eigenvalue weighted by atomic mass is 16.2. The average molecular weight is 366 g/mol. The molecule has 0 aliphatic carbocycles. The van der Waals surface area contributed by atoms with E-state index in [0.717, 1.165) is 31.5 Å². The third kappa shape index (κ3) is 5.29. The number of rotatable bonds is 6. The molecule has 1 fully saturated rings. The van der Waals surface area contributed by atoms with E-state index in [1.165, 1.54) is 5.56 Å². The number of carbonyl (C=O) groups excluding carboxylic acids is 2. The van der Waals surface area contributed by atoms with Gasteiger partial charge in [-0.3, -0.25) is 9.78 Å². The summed E-state index contributed by atoms with van der Waals surface area (Å²) in [5.74, 6) is 0.417. The number of amides is 3. The number of hydrogen-bond donors (Lipinski definition) is 2. The number of pyridine rings is 1. The minimum atomic E-state index is -0.0783. The van der Waals surface area contributed by atoms with Gasteiger partial charge in [0.1, 0.15) is 0 Å². The third-order valence-corrected chi connectivity index (χ3v) is 4.84. The van der Waals surface area contributed by atoms with Gasteiger partial charge >= 0.3 is 6.03 Å². The topological polar surface area (TPSA) is 74.3 Å². The molecule has 1 aromatic carbocycles. The number of aromatic nitrogens is 1. The van der Waals surface area contributed by atoms with E-state index in [1.807, 2.05) is 48.5 Å². The summed E-state index contributed by atoms with van der Waals surface area (Å²) in [7, 11) is 0. The molecule has 27 heavy (non-hydrogen) atoms. The van der Waals surface area contributed by atoms with E-state index >= 15 is 0 Å². The van der Waals surface area contributed by atoms with Crippen LogP contribution in [0.1, 0.15) is 34.8 Å². The maximum Gasteiger partial charge on any atom is 0.317 e. The zero-order valence-electron chi connectivity index (χ0n) is 15.6. The molecular weight excluding hydrogens is 340 g/mol. The molecule has 0 bridgehead atoms. The van der Waals surface area contributed by atoms with Crippen molar-refractivity contribution >= 4 is 11.9 Å². The molecule has 1 aliphatic heterocycles. The lowest BCUT2D eigenvalue weighted by Gasteiger charge is -2.17. The van der Waals surface area contributed by atoms with E-state index in [1.54, 1.807) is 12.1 Å². The molecule has 6 nitrogen and oxygen atoms in total. The third-order valence-electron chi connectivity index (χ3n) is 4.84. The van der Waals surface area contributed by atoms with Crippen molar-refractivity contribution in [2.75, 3.05) is 19.6 Å². The van der Waals surface area contributed by atoms with Crippen LogP contribution < -0.4 is 10.6 Å². The van der Waals surface area contributed by atoms with Gasteiger partial charge < -0.3 is 15.5 Å². The van der Waals surface area contributed by atoms with Crippen LogP contribution in [0.5, 0.6) is 0 Å². The second-order valence-electron chi connectivity index (χ2n) is 6.88. The Morgan fingerprint density at radius 1 is 1.07 bits per heavy atom. The van der Waals surface area contributed by atoms with Gasteiger partial charge in [-0.25, -0.2) is 4.79 Å². The van der Waals surface area contributed by atoms with E-state index in [4.69, 9.17) is 0 Å². The molecule has 1 atom stereocenters. The Kier molecular flexibility index (Phi) is 6.41. The normalized spacial score (nSPS) is 16.2. The van der Waals surface area contributed by atoms with Gasteiger partial charge in [-0.1, -0.05) is 12.1 Å².